The molecule has 1 aromatic heterocycles. The van der Waals surface area contributed by atoms with Gasteiger partial charge in [-0.1, -0.05) is 34.8 Å². The fourth-order valence-corrected chi connectivity index (χ4v) is 5.15. The van der Waals surface area contributed by atoms with Crippen molar-refractivity contribution >= 4 is 46.6 Å². The molecule has 9 heteroatoms. The molecule has 1 atom stereocenters. The first kappa shape index (κ1) is 20.8. The Morgan fingerprint density at radius 3 is 2.55 bits per heavy atom. The molecular weight excluding hydrogens is 435 g/mol. The summed E-state index contributed by atoms with van der Waals surface area (Å²) < 4.78 is 7.32. The number of benzene rings is 1. The fraction of sp³-hybridized carbons (Fsp3) is 0.500. The van der Waals surface area contributed by atoms with Crippen LogP contribution in [0.4, 0.5) is 11.8 Å². The van der Waals surface area contributed by atoms with Gasteiger partial charge < -0.3 is 15.4 Å². The standard InChI is InChI=1S/C20H23Cl3N4O2/c1-11-9-20(10-29-11)3-5-27(6-4-20)19-25-17(24)15(18(28)26(19)2)13-7-12(21)8-14(22)16(13)23/h7-8,11H,3-6,9-10,24H2,1-2H3/t11-/m0/s1. The predicted molar refractivity (Wildman–Crippen MR) is 118 cm³/mol. The first-order valence-electron chi connectivity index (χ1n) is 9.59. The second-order valence-corrected chi connectivity index (χ2v) is 9.32. The number of hydrogen-bond donors (Lipinski definition) is 1. The number of aromatic nitrogens is 2. The first-order valence-corrected chi connectivity index (χ1v) is 10.7. The molecule has 2 saturated heterocycles. The lowest BCUT2D eigenvalue weighted by molar-refractivity contribution is 0.0974. The lowest BCUT2D eigenvalue weighted by atomic mass is 9.77. The SMILES string of the molecule is C[C@H]1CC2(CCN(c3nc(N)c(-c4cc(Cl)cc(Cl)c4Cl)c(=O)n3C)CC2)CO1. The van der Waals surface area contributed by atoms with Gasteiger partial charge >= 0.3 is 0 Å². The third-order valence-electron chi connectivity index (χ3n) is 6.06. The molecule has 1 spiro atoms. The topological polar surface area (TPSA) is 73.4 Å². The van der Waals surface area contributed by atoms with E-state index in [0.29, 0.717) is 22.6 Å². The maximum atomic E-state index is 13.2. The van der Waals surface area contributed by atoms with Gasteiger partial charge in [0.1, 0.15) is 5.82 Å². The molecule has 0 saturated carbocycles. The number of nitrogens with zero attached hydrogens (tertiary/aromatic N) is 3. The number of halogens is 3. The van der Waals surface area contributed by atoms with E-state index in [1.807, 2.05) is 0 Å². The number of nitrogen functional groups attached to an aromatic ring is 1. The van der Waals surface area contributed by atoms with Gasteiger partial charge in [-0.25, -0.2) is 0 Å². The van der Waals surface area contributed by atoms with E-state index in [-0.39, 0.29) is 32.4 Å². The van der Waals surface area contributed by atoms with Gasteiger partial charge in [-0.15, -0.1) is 0 Å². The normalized spacial score (nSPS) is 21.1. The maximum absolute atomic E-state index is 13.2. The molecule has 2 aliphatic heterocycles. The van der Waals surface area contributed by atoms with Crippen LogP contribution in [0.15, 0.2) is 16.9 Å². The van der Waals surface area contributed by atoms with Crippen LogP contribution in [-0.2, 0) is 11.8 Å². The fourth-order valence-electron chi connectivity index (χ4n) is 4.46. The quantitative estimate of drug-likeness (QED) is 0.677. The van der Waals surface area contributed by atoms with Crippen molar-refractivity contribution in [2.24, 2.45) is 12.5 Å². The van der Waals surface area contributed by atoms with Crippen molar-refractivity contribution in [2.75, 3.05) is 30.3 Å². The van der Waals surface area contributed by atoms with Crippen LogP contribution in [0.25, 0.3) is 11.1 Å². The monoisotopic (exact) mass is 456 g/mol. The zero-order valence-corrected chi connectivity index (χ0v) is 18.6. The molecule has 6 nitrogen and oxygen atoms in total. The average Bonchev–Trinajstić information content (AvgIpc) is 3.03. The van der Waals surface area contributed by atoms with Gasteiger partial charge in [0, 0.05) is 30.7 Å². The minimum absolute atomic E-state index is 0.112. The summed E-state index contributed by atoms with van der Waals surface area (Å²) in [5.74, 6) is 0.670. The molecule has 2 aliphatic rings. The molecular formula is C20H23Cl3N4O2. The van der Waals surface area contributed by atoms with Crippen LogP contribution >= 0.6 is 34.8 Å². The molecule has 1 aromatic carbocycles. The summed E-state index contributed by atoms with van der Waals surface area (Å²) in [6, 6.07) is 3.10. The highest BCUT2D eigenvalue weighted by Gasteiger charge is 2.41. The maximum Gasteiger partial charge on any atom is 0.264 e. The molecule has 4 rings (SSSR count). The van der Waals surface area contributed by atoms with Crippen LogP contribution in [-0.4, -0.2) is 35.4 Å². The first-order chi connectivity index (χ1) is 13.7. The molecule has 156 valence electrons. The van der Waals surface area contributed by atoms with Crippen LogP contribution in [0.3, 0.4) is 0 Å². The highest BCUT2D eigenvalue weighted by atomic mass is 35.5. The van der Waals surface area contributed by atoms with Crippen molar-refractivity contribution in [1.29, 1.82) is 0 Å². The molecule has 0 bridgehead atoms. The molecule has 2 N–H and O–H groups in total. The number of anilines is 2. The van der Waals surface area contributed by atoms with Crippen LogP contribution in [0.2, 0.25) is 15.1 Å². The Morgan fingerprint density at radius 2 is 1.93 bits per heavy atom. The van der Waals surface area contributed by atoms with Crippen LogP contribution < -0.4 is 16.2 Å². The van der Waals surface area contributed by atoms with E-state index < -0.39 is 0 Å². The van der Waals surface area contributed by atoms with Crippen molar-refractivity contribution in [2.45, 2.75) is 32.3 Å². The van der Waals surface area contributed by atoms with Gasteiger partial charge in [0.15, 0.2) is 0 Å². The Hall–Kier alpha value is -1.47. The van der Waals surface area contributed by atoms with Crippen LogP contribution in [0.1, 0.15) is 26.2 Å². The number of ether oxygens (including phenoxy) is 1. The van der Waals surface area contributed by atoms with E-state index in [4.69, 9.17) is 45.3 Å². The van der Waals surface area contributed by atoms with Crippen LogP contribution in [0.5, 0.6) is 0 Å². The molecule has 0 aliphatic carbocycles. The number of nitrogens with two attached hydrogens (primary N) is 1. The van der Waals surface area contributed by atoms with Crippen molar-refractivity contribution in [3.05, 3.63) is 37.6 Å². The van der Waals surface area contributed by atoms with Gasteiger partial charge in [0.2, 0.25) is 5.95 Å². The van der Waals surface area contributed by atoms with Crippen LogP contribution in [0, 0.1) is 5.41 Å². The Morgan fingerprint density at radius 1 is 1.24 bits per heavy atom. The third kappa shape index (κ3) is 3.72. The number of hydrogen-bond acceptors (Lipinski definition) is 5. The van der Waals surface area contributed by atoms with Gasteiger partial charge in [-0.05, 0) is 43.7 Å². The van der Waals surface area contributed by atoms with Gasteiger partial charge in [-0.3, -0.25) is 9.36 Å². The van der Waals surface area contributed by atoms with E-state index in [1.54, 1.807) is 13.1 Å². The summed E-state index contributed by atoms with van der Waals surface area (Å²) in [5.41, 5.74) is 6.76. The second kappa shape index (κ2) is 7.65. The van der Waals surface area contributed by atoms with Crippen molar-refractivity contribution in [1.82, 2.24) is 9.55 Å². The second-order valence-electron chi connectivity index (χ2n) is 8.10. The summed E-state index contributed by atoms with van der Waals surface area (Å²) in [7, 11) is 1.69. The van der Waals surface area contributed by atoms with Crippen molar-refractivity contribution in [3.63, 3.8) is 0 Å². The number of piperidine rings is 1. The Balaban J connectivity index is 1.68. The lowest BCUT2D eigenvalue weighted by Crippen LogP contribution is -2.43. The van der Waals surface area contributed by atoms with E-state index in [0.717, 1.165) is 39.0 Å². The van der Waals surface area contributed by atoms with Gasteiger partial charge in [0.25, 0.3) is 5.56 Å². The number of rotatable bonds is 2. The summed E-state index contributed by atoms with van der Waals surface area (Å²) in [6.45, 7) is 4.54. The Kier molecular flexibility index (Phi) is 5.49. The molecule has 3 heterocycles. The molecule has 0 radical (unpaired) electrons. The summed E-state index contributed by atoms with van der Waals surface area (Å²) in [5, 5.41) is 0.855. The molecule has 2 aromatic rings. The summed E-state index contributed by atoms with van der Waals surface area (Å²) >= 11 is 18.6. The molecule has 2 fully saturated rings. The molecule has 0 unspecified atom stereocenters. The Bertz CT molecular complexity index is 1020. The zero-order valence-electron chi connectivity index (χ0n) is 16.3. The average molecular weight is 458 g/mol. The minimum Gasteiger partial charge on any atom is -0.383 e. The van der Waals surface area contributed by atoms with E-state index >= 15 is 0 Å². The van der Waals surface area contributed by atoms with E-state index in [9.17, 15) is 4.79 Å². The molecule has 29 heavy (non-hydrogen) atoms. The zero-order chi connectivity index (χ0) is 20.9. The van der Waals surface area contributed by atoms with Gasteiger partial charge in [-0.2, -0.15) is 4.98 Å². The van der Waals surface area contributed by atoms with E-state index in [1.165, 1.54) is 10.6 Å². The van der Waals surface area contributed by atoms with Crippen molar-refractivity contribution < 1.29 is 4.74 Å². The van der Waals surface area contributed by atoms with Crippen molar-refractivity contribution in [3.8, 4) is 11.1 Å². The smallest absolute Gasteiger partial charge is 0.264 e. The van der Waals surface area contributed by atoms with Gasteiger partial charge in [0.05, 0.1) is 28.3 Å². The lowest BCUT2D eigenvalue weighted by Gasteiger charge is -2.39. The summed E-state index contributed by atoms with van der Waals surface area (Å²) in [6.07, 6.45) is 3.41. The highest BCUT2D eigenvalue weighted by molar-refractivity contribution is 6.45. The predicted octanol–water partition coefficient (Wildman–Crippen LogP) is 4.39. The largest absolute Gasteiger partial charge is 0.383 e. The third-order valence-corrected chi connectivity index (χ3v) is 7.08. The summed E-state index contributed by atoms with van der Waals surface area (Å²) in [4.78, 5) is 19.8. The Labute approximate surface area is 184 Å². The molecule has 0 amide bonds. The minimum atomic E-state index is -0.286. The highest BCUT2D eigenvalue weighted by Crippen LogP contribution is 2.43. The van der Waals surface area contributed by atoms with E-state index in [2.05, 4.69) is 16.8 Å².